The number of carbonyl (C=O) groups excluding carboxylic acids is 2. The maximum Gasteiger partial charge on any atom is 0.338 e. The van der Waals surface area contributed by atoms with E-state index in [9.17, 15) is 14.4 Å². The lowest BCUT2D eigenvalue weighted by Crippen LogP contribution is -2.41. The van der Waals surface area contributed by atoms with Crippen molar-refractivity contribution in [2.24, 2.45) is 4.99 Å². The number of nitrogens with zero attached hydrogens (tertiary/aromatic N) is 3. The van der Waals surface area contributed by atoms with Crippen LogP contribution in [0.5, 0.6) is 5.75 Å². The molecule has 3 aromatic rings. The van der Waals surface area contributed by atoms with E-state index in [2.05, 4.69) is 11.6 Å². The molecule has 1 unspecified atom stereocenters. The average Bonchev–Trinajstić information content (AvgIpc) is 3.36. The molecular weight excluding hydrogens is 490 g/mol. The number of anilines is 1. The van der Waals surface area contributed by atoms with Gasteiger partial charge in [0.05, 0.1) is 36.2 Å². The number of fused-ring (bicyclic) bond motifs is 2. The van der Waals surface area contributed by atoms with Gasteiger partial charge < -0.3 is 14.4 Å². The van der Waals surface area contributed by atoms with E-state index in [0.717, 1.165) is 17.0 Å². The van der Waals surface area contributed by atoms with E-state index in [-0.39, 0.29) is 22.6 Å². The fraction of sp³-hybridized carbons (Fsp3) is 0.214. The molecule has 0 N–H and O–H groups in total. The molecule has 9 heteroatoms. The second kappa shape index (κ2) is 9.67. The standard InChI is InChI=1S/C28H25N3O5S/c1-5-15-30-19-13-9-7-11-17(19)22(25(30)32)24-26(33)31-23(18-12-8-10-14-20(18)35-4)21(27(34)36-6-2)16(3)29-28(31)37-24/h5,7-14,23H,1,6,15H2,2-4H3/b24-22-. The third kappa shape index (κ3) is 3.82. The number of carbonyl (C=O) groups is 2. The molecule has 3 heterocycles. The molecule has 0 fully saturated rings. The Labute approximate surface area is 217 Å². The van der Waals surface area contributed by atoms with Crippen LogP contribution < -0.4 is 24.5 Å². The summed E-state index contributed by atoms with van der Waals surface area (Å²) in [6.07, 6.45) is 1.65. The molecule has 1 amide bonds. The summed E-state index contributed by atoms with van der Waals surface area (Å²) in [4.78, 5) is 47.4. The van der Waals surface area contributed by atoms with Gasteiger partial charge in [-0.1, -0.05) is 53.8 Å². The van der Waals surface area contributed by atoms with Crippen molar-refractivity contribution in [1.82, 2.24) is 4.57 Å². The van der Waals surface area contributed by atoms with Crippen LogP contribution in [0.3, 0.4) is 0 Å². The first-order chi connectivity index (χ1) is 17.9. The summed E-state index contributed by atoms with van der Waals surface area (Å²) in [6.45, 7) is 7.69. The number of aromatic nitrogens is 1. The maximum absolute atomic E-state index is 14.1. The number of thiazole rings is 1. The topological polar surface area (TPSA) is 90.2 Å². The van der Waals surface area contributed by atoms with Crippen LogP contribution in [0.25, 0.3) is 5.57 Å². The third-order valence-corrected chi connectivity index (χ3v) is 7.44. The first-order valence-electron chi connectivity index (χ1n) is 11.8. The predicted molar refractivity (Wildman–Crippen MR) is 141 cm³/mol. The van der Waals surface area contributed by atoms with Crippen molar-refractivity contribution in [3.8, 4) is 5.75 Å². The van der Waals surface area contributed by atoms with Crippen LogP contribution in [0.4, 0.5) is 5.69 Å². The molecule has 0 spiro atoms. The van der Waals surface area contributed by atoms with Gasteiger partial charge in [-0.3, -0.25) is 14.2 Å². The number of methoxy groups -OCH3 is 1. The van der Waals surface area contributed by atoms with E-state index >= 15 is 0 Å². The van der Waals surface area contributed by atoms with Gasteiger partial charge in [0.1, 0.15) is 16.3 Å². The fourth-order valence-corrected chi connectivity index (χ4v) is 5.98. The monoisotopic (exact) mass is 515 g/mol. The van der Waals surface area contributed by atoms with Crippen LogP contribution in [0.2, 0.25) is 0 Å². The number of amides is 1. The van der Waals surface area contributed by atoms with Crippen molar-refractivity contribution >= 4 is 34.5 Å². The average molecular weight is 516 g/mol. The van der Waals surface area contributed by atoms with Crippen LogP contribution in [-0.2, 0) is 14.3 Å². The van der Waals surface area contributed by atoms with Crippen molar-refractivity contribution in [2.75, 3.05) is 25.2 Å². The lowest BCUT2D eigenvalue weighted by molar-refractivity contribution is -0.139. The van der Waals surface area contributed by atoms with Gasteiger partial charge in [-0.25, -0.2) is 9.79 Å². The second-order valence-corrected chi connectivity index (χ2v) is 9.44. The van der Waals surface area contributed by atoms with Gasteiger partial charge >= 0.3 is 5.97 Å². The molecule has 188 valence electrons. The molecule has 0 saturated heterocycles. The van der Waals surface area contributed by atoms with Crippen LogP contribution in [0.1, 0.15) is 31.0 Å². The predicted octanol–water partition coefficient (Wildman–Crippen LogP) is 2.71. The van der Waals surface area contributed by atoms with E-state index in [1.807, 2.05) is 42.5 Å². The van der Waals surface area contributed by atoms with E-state index in [0.29, 0.717) is 39.5 Å². The molecule has 0 aliphatic carbocycles. The largest absolute Gasteiger partial charge is 0.496 e. The molecule has 2 aliphatic rings. The quantitative estimate of drug-likeness (QED) is 0.372. The highest BCUT2D eigenvalue weighted by Gasteiger charge is 2.37. The Morgan fingerprint density at radius 3 is 2.62 bits per heavy atom. The van der Waals surface area contributed by atoms with Crippen LogP contribution in [-0.4, -0.2) is 36.7 Å². The Bertz CT molecular complexity index is 1660. The Morgan fingerprint density at radius 2 is 1.89 bits per heavy atom. The molecule has 5 rings (SSSR count). The van der Waals surface area contributed by atoms with Crippen LogP contribution in [0, 0.1) is 0 Å². The number of rotatable bonds is 6. The first-order valence-corrected chi connectivity index (χ1v) is 12.6. The molecule has 1 aromatic heterocycles. The van der Waals surface area contributed by atoms with Crippen molar-refractivity contribution in [2.45, 2.75) is 19.9 Å². The molecule has 1 atom stereocenters. The first kappa shape index (κ1) is 24.5. The molecule has 0 bridgehead atoms. The van der Waals surface area contributed by atoms with E-state index < -0.39 is 17.6 Å². The summed E-state index contributed by atoms with van der Waals surface area (Å²) < 4.78 is 12.7. The fourth-order valence-electron chi connectivity index (χ4n) is 4.84. The number of ether oxygens (including phenoxy) is 2. The lowest BCUT2D eigenvalue weighted by Gasteiger charge is -2.25. The van der Waals surface area contributed by atoms with Crippen molar-refractivity contribution in [3.63, 3.8) is 0 Å². The Hall–Kier alpha value is -4.24. The van der Waals surface area contributed by atoms with Gasteiger partial charge in [-0.05, 0) is 26.0 Å². The minimum Gasteiger partial charge on any atom is -0.496 e. The third-order valence-electron chi connectivity index (χ3n) is 6.39. The number of hydrogen-bond acceptors (Lipinski definition) is 7. The highest BCUT2D eigenvalue weighted by molar-refractivity contribution is 7.07. The van der Waals surface area contributed by atoms with Gasteiger partial charge in [0.2, 0.25) is 0 Å². The number of esters is 1. The molecule has 8 nitrogen and oxygen atoms in total. The Kier molecular flexibility index (Phi) is 6.39. The van der Waals surface area contributed by atoms with Crippen LogP contribution >= 0.6 is 11.3 Å². The SMILES string of the molecule is C=CCN1C(=O)/C(=c2\sc3n(c2=O)C(c2ccccc2OC)C(C(=O)OCC)=C(C)N=3)c2ccccc21. The molecule has 0 radical (unpaired) electrons. The molecule has 37 heavy (non-hydrogen) atoms. The van der Waals surface area contributed by atoms with E-state index in [4.69, 9.17) is 9.47 Å². The van der Waals surface area contributed by atoms with Crippen molar-refractivity contribution < 1.29 is 19.1 Å². The maximum atomic E-state index is 14.1. The molecule has 2 aliphatic heterocycles. The minimum absolute atomic E-state index is 0.174. The van der Waals surface area contributed by atoms with Gasteiger partial charge in [-0.15, -0.1) is 6.58 Å². The number of benzene rings is 2. The summed E-state index contributed by atoms with van der Waals surface area (Å²) in [7, 11) is 1.54. The summed E-state index contributed by atoms with van der Waals surface area (Å²) >= 11 is 1.14. The zero-order valence-electron chi connectivity index (χ0n) is 20.7. The molecular formula is C28H25N3O5S. The summed E-state index contributed by atoms with van der Waals surface area (Å²) in [5, 5.41) is 0. The molecule has 2 aromatic carbocycles. The summed E-state index contributed by atoms with van der Waals surface area (Å²) in [5.41, 5.74) is 2.62. The second-order valence-electron chi connectivity index (χ2n) is 8.46. The minimum atomic E-state index is -0.836. The van der Waals surface area contributed by atoms with E-state index in [1.54, 1.807) is 30.9 Å². The van der Waals surface area contributed by atoms with Gasteiger partial charge in [0, 0.05) is 17.7 Å². The smallest absolute Gasteiger partial charge is 0.338 e. The van der Waals surface area contributed by atoms with E-state index in [1.165, 1.54) is 11.7 Å². The van der Waals surface area contributed by atoms with Crippen molar-refractivity contribution in [1.29, 1.82) is 0 Å². The van der Waals surface area contributed by atoms with Gasteiger partial charge in [0.25, 0.3) is 11.5 Å². The number of hydrogen-bond donors (Lipinski definition) is 0. The number of para-hydroxylation sites is 2. The zero-order valence-corrected chi connectivity index (χ0v) is 21.5. The number of allylic oxidation sites excluding steroid dienone is 1. The van der Waals surface area contributed by atoms with Crippen LogP contribution in [0.15, 0.2) is 82.2 Å². The van der Waals surface area contributed by atoms with Gasteiger partial charge in [0.15, 0.2) is 4.80 Å². The normalized spacial score (nSPS) is 17.8. The molecule has 0 saturated carbocycles. The lowest BCUT2D eigenvalue weighted by atomic mass is 9.95. The summed E-state index contributed by atoms with van der Waals surface area (Å²) in [6, 6.07) is 13.7. The Balaban J connectivity index is 1.84. The Morgan fingerprint density at radius 1 is 1.16 bits per heavy atom. The highest BCUT2D eigenvalue weighted by atomic mass is 32.1. The van der Waals surface area contributed by atoms with Gasteiger partial charge in [-0.2, -0.15) is 0 Å². The van der Waals surface area contributed by atoms with Crippen molar-refractivity contribution in [3.05, 3.63) is 103 Å². The zero-order chi connectivity index (χ0) is 26.3. The summed E-state index contributed by atoms with van der Waals surface area (Å²) in [5.74, 6) is -0.319. The highest BCUT2D eigenvalue weighted by Crippen LogP contribution is 2.37.